The molecule has 0 aliphatic heterocycles. The molecular weight excluding hydrogens is 250 g/mol. The second-order valence-electron chi connectivity index (χ2n) is 4.24. The van der Waals surface area contributed by atoms with E-state index in [0.717, 1.165) is 17.9 Å². The largest absolute Gasteiger partial charge is 0.393 e. The van der Waals surface area contributed by atoms with Crippen LogP contribution in [-0.2, 0) is 0 Å². The van der Waals surface area contributed by atoms with Gasteiger partial charge in [-0.2, -0.15) is 11.8 Å². The van der Waals surface area contributed by atoms with Crippen LogP contribution in [0.5, 0.6) is 0 Å². The molecule has 0 bridgehead atoms. The van der Waals surface area contributed by atoms with E-state index >= 15 is 0 Å². The van der Waals surface area contributed by atoms with Crippen LogP contribution in [0.2, 0.25) is 0 Å². The molecule has 0 spiro atoms. The molecule has 1 rings (SSSR count). The number of nitrogens with two attached hydrogens (primary N) is 1. The Kier molecular flexibility index (Phi) is 5.27. The predicted octanol–water partition coefficient (Wildman–Crippen LogP) is 2.75. The van der Waals surface area contributed by atoms with E-state index in [2.05, 4.69) is 18.1 Å². The van der Waals surface area contributed by atoms with E-state index in [1.807, 2.05) is 18.8 Å². The molecule has 0 saturated carbocycles. The zero-order valence-corrected chi connectivity index (χ0v) is 11.7. The van der Waals surface area contributed by atoms with Gasteiger partial charge in [0.25, 0.3) is 5.69 Å². The molecule has 0 aliphatic rings. The number of nitrogen functional groups attached to an aromatic ring is 1. The first-order valence-corrected chi connectivity index (χ1v) is 7.12. The fourth-order valence-corrected chi connectivity index (χ4v) is 2.24. The molecule has 1 aromatic carbocycles. The number of nitrogens with zero attached hydrogens (tertiary/aromatic N) is 2. The summed E-state index contributed by atoms with van der Waals surface area (Å²) < 4.78 is 0. The van der Waals surface area contributed by atoms with Crippen molar-refractivity contribution in [2.75, 3.05) is 29.7 Å². The van der Waals surface area contributed by atoms with Crippen LogP contribution < -0.4 is 10.6 Å². The molecule has 0 aliphatic carbocycles. The summed E-state index contributed by atoms with van der Waals surface area (Å²) in [4.78, 5) is 12.3. The van der Waals surface area contributed by atoms with Gasteiger partial charge < -0.3 is 10.6 Å². The molecule has 0 heterocycles. The number of anilines is 2. The Balaban J connectivity index is 2.83. The van der Waals surface area contributed by atoms with Crippen molar-refractivity contribution in [1.29, 1.82) is 0 Å². The van der Waals surface area contributed by atoms with Crippen LogP contribution in [0.1, 0.15) is 13.3 Å². The van der Waals surface area contributed by atoms with E-state index in [0.29, 0.717) is 6.04 Å². The fraction of sp³-hybridized carbons (Fsp3) is 0.500. The van der Waals surface area contributed by atoms with Gasteiger partial charge in [0.15, 0.2) is 0 Å². The molecule has 6 heteroatoms. The maximum atomic E-state index is 10.7. The topological polar surface area (TPSA) is 72.4 Å². The monoisotopic (exact) mass is 269 g/mol. The third kappa shape index (κ3) is 3.53. The summed E-state index contributed by atoms with van der Waals surface area (Å²) in [5, 5.41) is 10.7. The minimum absolute atomic E-state index is 0.0380. The van der Waals surface area contributed by atoms with E-state index in [-0.39, 0.29) is 11.4 Å². The Morgan fingerprint density at radius 2 is 2.22 bits per heavy atom. The summed E-state index contributed by atoms with van der Waals surface area (Å²) in [5.74, 6) is 1.09. The summed E-state index contributed by atoms with van der Waals surface area (Å²) in [5.41, 5.74) is 6.77. The molecule has 0 saturated heterocycles. The Labute approximate surface area is 111 Å². The van der Waals surface area contributed by atoms with Crippen LogP contribution in [0.15, 0.2) is 18.2 Å². The summed E-state index contributed by atoms with van der Waals surface area (Å²) in [6.07, 6.45) is 3.14. The van der Waals surface area contributed by atoms with Crippen molar-refractivity contribution in [1.82, 2.24) is 0 Å². The van der Waals surface area contributed by atoms with Crippen molar-refractivity contribution < 1.29 is 4.92 Å². The van der Waals surface area contributed by atoms with Crippen molar-refractivity contribution >= 4 is 28.8 Å². The Hall–Kier alpha value is -1.43. The maximum Gasteiger partial charge on any atom is 0.292 e. The summed E-state index contributed by atoms with van der Waals surface area (Å²) in [6, 6.07) is 5.23. The zero-order valence-electron chi connectivity index (χ0n) is 10.9. The van der Waals surface area contributed by atoms with Gasteiger partial charge >= 0.3 is 0 Å². The smallest absolute Gasteiger partial charge is 0.292 e. The maximum absolute atomic E-state index is 10.7. The molecular formula is C12H19N3O2S. The highest BCUT2D eigenvalue weighted by Crippen LogP contribution is 2.27. The molecule has 1 unspecified atom stereocenters. The lowest BCUT2D eigenvalue weighted by molar-refractivity contribution is -0.383. The number of rotatable bonds is 6. The molecule has 18 heavy (non-hydrogen) atoms. The Morgan fingerprint density at radius 1 is 1.56 bits per heavy atom. The first-order valence-electron chi connectivity index (χ1n) is 5.73. The second kappa shape index (κ2) is 6.49. The SMILES string of the molecule is CSCCC(C)N(C)c1ccc([N+](=O)[O-])c(N)c1. The van der Waals surface area contributed by atoms with Gasteiger partial charge in [-0.1, -0.05) is 0 Å². The van der Waals surface area contributed by atoms with Crippen LogP contribution in [0.4, 0.5) is 17.1 Å². The van der Waals surface area contributed by atoms with Crippen molar-refractivity contribution in [3.8, 4) is 0 Å². The van der Waals surface area contributed by atoms with Gasteiger partial charge in [-0.05, 0) is 37.5 Å². The molecule has 1 aromatic rings. The number of hydrogen-bond donors (Lipinski definition) is 1. The van der Waals surface area contributed by atoms with E-state index < -0.39 is 4.92 Å². The lowest BCUT2D eigenvalue weighted by Gasteiger charge is -2.27. The molecule has 5 nitrogen and oxygen atoms in total. The lowest BCUT2D eigenvalue weighted by atomic mass is 10.2. The zero-order chi connectivity index (χ0) is 13.7. The molecule has 100 valence electrons. The van der Waals surface area contributed by atoms with Gasteiger partial charge in [0.2, 0.25) is 0 Å². The normalized spacial score (nSPS) is 12.2. The number of hydrogen-bond acceptors (Lipinski definition) is 5. The van der Waals surface area contributed by atoms with Gasteiger partial charge in [-0.3, -0.25) is 10.1 Å². The van der Waals surface area contributed by atoms with Crippen LogP contribution in [0.25, 0.3) is 0 Å². The van der Waals surface area contributed by atoms with Gasteiger partial charge in [0, 0.05) is 24.8 Å². The van der Waals surface area contributed by atoms with E-state index in [1.165, 1.54) is 6.07 Å². The van der Waals surface area contributed by atoms with Crippen molar-refractivity contribution in [3.05, 3.63) is 28.3 Å². The number of thioether (sulfide) groups is 1. The molecule has 1 atom stereocenters. The van der Waals surface area contributed by atoms with Crippen LogP contribution in [0.3, 0.4) is 0 Å². The average Bonchev–Trinajstić information content (AvgIpc) is 2.34. The fourth-order valence-electron chi connectivity index (χ4n) is 1.66. The first kappa shape index (κ1) is 14.6. The first-order chi connectivity index (χ1) is 8.47. The van der Waals surface area contributed by atoms with Gasteiger partial charge in [0.05, 0.1) is 4.92 Å². The van der Waals surface area contributed by atoms with E-state index in [1.54, 1.807) is 12.1 Å². The van der Waals surface area contributed by atoms with Gasteiger partial charge in [-0.25, -0.2) is 0 Å². The standard InChI is InChI=1S/C12H19N3O2S/c1-9(6-7-18-3)14(2)10-4-5-12(15(16)17)11(13)8-10/h4-5,8-9H,6-7,13H2,1-3H3. The highest BCUT2D eigenvalue weighted by Gasteiger charge is 2.15. The van der Waals surface area contributed by atoms with Gasteiger partial charge in [-0.15, -0.1) is 0 Å². The van der Waals surface area contributed by atoms with E-state index in [9.17, 15) is 10.1 Å². The minimum atomic E-state index is -0.462. The van der Waals surface area contributed by atoms with Crippen LogP contribution in [-0.4, -0.2) is 30.0 Å². The number of nitro groups is 1. The Morgan fingerprint density at radius 3 is 2.72 bits per heavy atom. The number of benzene rings is 1. The summed E-state index contributed by atoms with van der Waals surface area (Å²) >= 11 is 1.81. The molecule has 0 fully saturated rings. The van der Waals surface area contributed by atoms with Crippen LogP contribution >= 0.6 is 11.8 Å². The van der Waals surface area contributed by atoms with Crippen molar-refractivity contribution in [2.24, 2.45) is 0 Å². The Bertz CT molecular complexity index is 426. The summed E-state index contributed by atoms with van der Waals surface area (Å²) in [6.45, 7) is 2.13. The second-order valence-corrected chi connectivity index (χ2v) is 5.23. The quantitative estimate of drug-likeness (QED) is 0.488. The molecule has 0 amide bonds. The highest BCUT2D eigenvalue weighted by molar-refractivity contribution is 7.98. The van der Waals surface area contributed by atoms with Crippen molar-refractivity contribution in [3.63, 3.8) is 0 Å². The predicted molar refractivity (Wildman–Crippen MR) is 78.4 cm³/mol. The average molecular weight is 269 g/mol. The third-order valence-corrected chi connectivity index (χ3v) is 3.66. The van der Waals surface area contributed by atoms with Gasteiger partial charge in [0.1, 0.15) is 5.69 Å². The summed E-state index contributed by atoms with van der Waals surface area (Å²) in [7, 11) is 1.98. The highest BCUT2D eigenvalue weighted by atomic mass is 32.2. The molecule has 2 N–H and O–H groups in total. The lowest BCUT2D eigenvalue weighted by Crippen LogP contribution is -2.29. The number of nitro benzene ring substituents is 1. The van der Waals surface area contributed by atoms with E-state index in [4.69, 9.17) is 5.73 Å². The molecule has 0 aromatic heterocycles. The van der Waals surface area contributed by atoms with Crippen molar-refractivity contribution in [2.45, 2.75) is 19.4 Å². The molecule has 0 radical (unpaired) electrons. The third-order valence-electron chi connectivity index (χ3n) is 3.02. The minimum Gasteiger partial charge on any atom is -0.393 e. The van der Waals surface area contributed by atoms with Crippen LogP contribution in [0, 0.1) is 10.1 Å².